The third kappa shape index (κ3) is 15.4. The van der Waals surface area contributed by atoms with E-state index >= 15 is 0 Å². The van der Waals surface area contributed by atoms with Gasteiger partial charge in [-0.05, 0) is 0 Å². The van der Waals surface area contributed by atoms with Gasteiger partial charge in [0.1, 0.15) is 0 Å². The van der Waals surface area contributed by atoms with Gasteiger partial charge in [0.2, 0.25) is 0 Å². The Morgan fingerprint density at radius 1 is 1.10 bits per heavy atom. The summed E-state index contributed by atoms with van der Waals surface area (Å²) in [5.41, 5.74) is 0. The maximum atomic E-state index is 9.34. The van der Waals surface area contributed by atoms with Crippen molar-refractivity contribution in [2.24, 2.45) is 0 Å². The van der Waals surface area contributed by atoms with Crippen molar-refractivity contribution in [2.45, 2.75) is 0 Å². The summed E-state index contributed by atoms with van der Waals surface area (Å²) >= 11 is 0. The fraction of sp³-hybridized carbons (Fsp3) is 0. The second-order valence-electron chi connectivity index (χ2n) is 0.645. The molecule has 0 rings (SSSR count). The molecule has 0 aliphatic carbocycles. The Kier molecular flexibility index (Phi) is 29.1. The summed E-state index contributed by atoms with van der Waals surface area (Å²) in [6.45, 7) is 0. The minimum absolute atomic E-state index is 0. The zero-order chi connectivity index (χ0) is 6.08. The van der Waals surface area contributed by atoms with Gasteiger partial charge < -0.3 is 0 Å². The van der Waals surface area contributed by atoms with Crippen LogP contribution in [0.25, 0.3) is 0 Å². The molecular formula is H5K3O5S2. The van der Waals surface area contributed by atoms with Crippen LogP contribution in [0.15, 0.2) is 0 Å². The fourth-order valence-electron chi connectivity index (χ4n) is 0. The first-order valence-electron chi connectivity index (χ1n) is 1.03. The molecule has 5 nitrogen and oxygen atoms in total. The molecule has 0 aromatic carbocycles. The van der Waals surface area contributed by atoms with Crippen LogP contribution in [-0.2, 0) is 19.3 Å². The van der Waals surface area contributed by atoms with Crippen molar-refractivity contribution >= 4 is 173 Å². The van der Waals surface area contributed by atoms with E-state index < -0.39 is 19.3 Å². The standard InChI is InChI=1S/3K.H2O5S2.3H/c;;;1-6(2)7(3,4)5;;;/h;;;(H,1,2)(H,3,4,5);;;. The minimum atomic E-state index is -4.71. The van der Waals surface area contributed by atoms with E-state index in [0.717, 1.165) is 0 Å². The van der Waals surface area contributed by atoms with Crippen molar-refractivity contribution in [3.8, 4) is 0 Å². The Bertz CT molecular complexity index is 169. The molecule has 0 amide bonds. The average molecular weight is 266 g/mol. The van der Waals surface area contributed by atoms with Gasteiger partial charge in [0.05, 0.1) is 0 Å². The monoisotopic (exact) mass is 266 g/mol. The molecule has 0 spiro atoms. The number of hydrogen-bond acceptors (Lipinski definition) is 3. The van der Waals surface area contributed by atoms with Crippen LogP contribution in [0.2, 0.25) is 0 Å². The zero-order valence-electron chi connectivity index (χ0n) is 2.94. The molecule has 0 aliphatic rings. The molecule has 2 N–H and O–H groups in total. The topological polar surface area (TPSA) is 91.7 Å². The van der Waals surface area contributed by atoms with Crippen LogP contribution in [0.1, 0.15) is 0 Å². The normalized spacial score (nSPS) is 11.4. The molecular weight excluding hydrogens is 261 g/mol. The molecule has 10 heavy (non-hydrogen) atoms. The predicted molar refractivity (Wildman–Crippen MR) is 43.8 cm³/mol. The van der Waals surface area contributed by atoms with Crippen LogP contribution in [0.4, 0.5) is 0 Å². The van der Waals surface area contributed by atoms with E-state index in [9.17, 15) is 12.6 Å². The zero-order valence-corrected chi connectivity index (χ0v) is 4.57. The van der Waals surface area contributed by atoms with Gasteiger partial charge in [0.15, 0.2) is 0 Å². The molecule has 0 radical (unpaired) electrons. The van der Waals surface area contributed by atoms with Crippen LogP contribution in [0.5, 0.6) is 0 Å². The van der Waals surface area contributed by atoms with Crippen LogP contribution >= 0.6 is 0 Å². The van der Waals surface area contributed by atoms with Gasteiger partial charge in [0.25, 0.3) is 0 Å². The summed E-state index contributed by atoms with van der Waals surface area (Å²) < 4.78 is 43.0. The number of rotatable bonds is 1. The Balaban J connectivity index is -0.0000000600. The molecule has 0 aromatic rings. The van der Waals surface area contributed by atoms with Gasteiger partial charge >= 0.3 is 173 Å². The van der Waals surface area contributed by atoms with Gasteiger partial charge in [-0.25, -0.2) is 4.21 Å². The summed E-state index contributed by atoms with van der Waals surface area (Å²) in [6.07, 6.45) is 0. The van der Waals surface area contributed by atoms with Crippen molar-refractivity contribution in [3.05, 3.63) is 0 Å². The van der Waals surface area contributed by atoms with Crippen molar-refractivity contribution in [3.63, 3.8) is 0 Å². The van der Waals surface area contributed by atoms with Crippen molar-refractivity contribution in [1.29, 1.82) is 0 Å². The van der Waals surface area contributed by atoms with E-state index in [-0.39, 0.29) is 154 Å². The van der Waals surface area contributed by atoms with Gasteiger partial charge in [-0.2, -0.15) is 8.42 Å². The summed E-state index contributed by atoms with van der Waals surface area (Å²) in [7, 11) is -7.87. The molecule has 0 saturated heterocycles. The predicted octanol–water partition coefficient (Wildman–Crippen LogP) is -2.93. The van der Waals surface area contributed by atoms with Crippen LogP contribution < -0.4 is 0 Å². The first-order chi connectivity index (χ1) is 2.94. The molecule has 0 fully saturated rings. The Morgan fingerprint density at radius 3 is 1.20 bits per heavy atom. The summed E-state index contributed by atoms with van der Waals surface area (Å²) in [6, 6.07) is 0. The van der Waals surface area contributed by atoms with Crippen LogP contribution in [0, 0.1) is 0 Å². The summed E-state index contributed by atoms with van der Waals surface area (Å²) in [5, 5.41) is 0. The van der Waals surface area contributed by atoms with Gasteiger partial charge in [-0.1, -0.05) is 0 Å². The molecule has 0 heterocycles. The summed E-state index contributed by atoms with van der Waals surface area (Å²) in [4.78, 5) is 0. The van der Waals surface area contributed by atoms with Gasteiger partial charge in [0, 0.05) is 0 Å². The molecule has 0 saturated carbocycles. The summed E-state index contributed by atoms with van der Waals surface area (Å²) in [5.74, 6) is 0. The second-order valence-corrected chi connectivity index (χ2v) is 4.05. The van der Waals surface area contributed by atoms with Crippen molar-refractivity contribution in [1.82, 2.24) is 0 Å². The fourth-order valence-corrected chi connectivity index (χ4v) is 0. The van der Waals surface area contributed by atoms with Gasteiger partial charge in [-0.15, -0.1) is 0 Å². The first-order valence-corrected chi connectivity index (χ1v) is 4.10. The molecule has 1 atom stereocenters. The Hall–Kier alpha value is 4.93. The molecule has 0 bridgehead atoms. The number of hydrogen-bond donors (Lipinski definition) is 2. The molecule has 0 aliphatic heterocycles. The van der Waals surface area contributed by atoms with Crippen LogP contribution in [0.3, 0.4) is 0 Å². The second kappa shape index (κ2) is 12.0. The van der Waals surface area contributed by atoms with E-state index in [1.54, 1.807) is 0 Å². The third-order valence-electron chi connectivity index (χ3n) is 0.180. The maximum absolute atomic E-state index is 9.34. The van der Waals surface area contributed by atoms with Gasteiger partial charge in [-0.3, -0.25) is 9.11 Å². The SMILES string of the molecule is O=S(O)S(=O)(=O)O.[KH].[KH].[KH]. The quantitative estimate of drug-likeness (QED) is 0.229. The van der Waals surface area contributed by atoms with E-state index in [0.29, 0.717) is 0 Å². The molecule has 1 unspecified atom stereocenters. The average Bonchev–Trinajstić information content (AvgIpc) is 1.31. The van der Waals surface area contributed by atoms with Crippen molar-refractivity contribution < 1.29 is 21.7 Å². The van der Waals surface area contributed by atoms with E-state index in [1.165, 1.54) is 0 Å². The van der Waals surface area contributed by atoms with E-state index in [1.807, 2.05) is 0 Å². The molecule has 10 heteroatoms. The Labute approximate surface area is 189 Å². The first kappa shape index (κ1) is 24.2. The van der Waals surface area contributed by atoms with Crippen LogP contribution in [-0.4, -0.2) is 176 Å². The third-order valence-corrected chi connectivity index (χ3v) is 1.62. The molecule has 0 aromatic heterocycles. The van der Waals surface area contributed by atoms with E-state index in [4.69, 9.17) is 9.11 Å². The Morgan fingerprint density at radius 2 is 1.20 bits per heavy atom. The molecule has 50 valence electrons. The van der Waals surface area contributed by atoms with E-state index in [2.05, 4.69) is 0 Å². The van der Waals surface area contributed by atoms with Crippen molar-refractivity contribution in [2.75, 3.05) is 0 Å².